The van der Waals surface area contributed by atoms with Crippen LogP contribution in [0.1, 0.15) is 374 Å². The third kappa shape index (κ3) is 67.6. The van der Waals surface area contributed by atoms with Crippen molar-refractivity contribution in [2.75, 3.05) is 13.2 Å². The molecule has 0 aliphatic heterocycles. The van der Waals surface area contributed by atoms with E-state index in [0.717, 1.165) is 96.3 Å². The van der Waals surface area contributed by atoms with Crippen molar-refractivity contribution in [1.29, 1.82) is 0 Å². The first kappa shape index (κ1) is 78.8. The predicted octanol–water partition coefficient (Wildman–Crippen LogP) is 24.8. The van der Waals surface area contributed by atoms with E-state index in [9.17, 15) is 14.4 Å². The maximum absolute atomic E-state index is 12.9. The van der Waals surface area contributed by atoms with Crippen molar-refractivity contribution in [1.82, 2.24) is 0 Å². The number of hydrogen-bond acceptors (Lipinski definition) is 6. The highest BCUT2D eigenvalue weighted by atomic mass is 16.6. The highest BCUT2D eigenvalue weighted by Crippen LogP contribution is 2.18. The molecule has 6 heteroatoms. The molecule has 0 aromatic carbocycles. The lowest BCUT2D eigenvalue weighted by molar-refractivity contribution is -0.167. The molecule has 0 saturated heterocycles. The Morgan fingerprint density at radius 3 is 0.744 bits per heavy atom. The molecule has 0 heterocycles. The highest BCUT2D eigenvalue weighted by molar-refractivity contribution is 5.71. The third-order valence-electron chi connectivity index (χ3n) is 16.0. The van der Waals surface area contributed by atoms with E-state index in [1.165, 1.54) is 238 Å². The number of ether oxygens (including phenoxy) is 3. The van der Waals surface area contributed by atoms with E-state index in [4.69, 9.17) is 14.2 Å². The molecule has 0 N–H and O–H groups in total. The topological polar surface area (TPSA) is 78.9 Å². The molecule has 0 bridgehead atoms. The second-order valence-electron chi connectivity index (χ2n) is 24.1. The fourth-order valence-electron chi connectivity index (χ4n) is 10.6. The lowest BCUT2D eigenvalue weighted by atomic mass is 10.0. The van der Waals surface area contributed by atoms with Gasteiger partial charge in [0.15, 0.2) is 6.10 Å². The highest BCUT2D eigenvalue weighted by Gasteiger charge is 2.19. The van der Waals surface area contributed by atoms with Gasteiger partial charge in [-0.2, -0.15) is 0 Å². The molecule has 0 saturated carbocycles. The number of allylic oxidation sites excluding steroid dienone is 12. The molecule has 0 aliphatic rings. The van der Waals surface area contributed by atoms with Gasteiger partial charge >= 0.3 is 17.9 Å². The molecule has 0 amide bonds. The zero-order chi connectivity index (χ0) is 59.2. The molecule has 1 unspecified atom stereocenters. The van der Waals surface area contributed by atoms with Crippen LogP contribution in [0.4, 0.5) is 0 Å². The molecule has 476 valence electrons. The summed E-state index contributed by atoms with van der Waals surface area (Å²) in [5, 5.41) is 0. The Balaban J connectivity index is 3.98. The van der Waals surface area contributed by atoms with Crippen LogP contribution in [0.3, 0.4) is 0 Å². The number of carbonyl (C=O) groups excluding carboxylic acids is 3. The molecule has 0 aromatic heterocycles. The Labute approximate surface area is 510 Å². The molecule has 0 aliphatic carbocycles. The van der Waals surface area contributed by atoms with Crippen molar-refractivity contribution in [2.45, 2.75) is 380 Å². The summed E-state index contributed by atoms with van der Waals surface area (Å²) in [4.78, 5) is 38.1. The van der Waals surface area contributed by atoms with Crippen LogP contribution in [0, 0.1) is 0 Å². The first-order valence-electron chi connectivity index (χ1n) is 35.9. The molecule has 0 radical (unpaired) electrons. The fraction of sp³-hybridized carbons (Fsp3) is 0.803. The van der Waals surface area contributed by atoms with Crippen molar-refractivity contribution in [3.63, 3.8) is 0 Å². The molecule has 0 aromatic rings. The summed E-state index contributed by atoms with van der Waals surface area (Å²) in [6.45, 7) is 6.52. The van der Waals surface area contributed by atoms with Gasteiger partial charge in [0.2, 0.25) is 0 Å². The van der Waals surface area contributed by atoms with Crippen molar-refractivity contribution >= 4 is 17.9 Å². The predicted molar refractivity (Wildman–Crippen MR) is 358 cm³/mol. The van der Waals surface area contributed by atoms with E-state index in [0.29, 0.717) is 19.3 Å². The van der Waals surface area contributed by atoms with Crippen LogP contribution in [-0.4, -0.2) is 37.2 Å². The number of carbonyl (C=O) groups is 3. The summed E-state index contributed by atoms with van der Waals surface area (Å²) < 4.78 is 16.9. The Morgan fingerprint density at radius 2 is 0.476 bits per heavy atom. The molecular formula is C76H136O6. The molecular weight excluding hydrogens is 1010 g/mol. The van der Waals surface area contributed by atoms with Crippen LogP contribution in [0.2, 0.25) is 0 Å². The van der Waals surface area contributed by atoms with Crippen molar-refractivity contribution in [3.05, 3.63) is 72.9 Å². The van der Waals surface area contributed by atoms with Crippen LogP contribution < -0.4 is 0 Å². The average Bonchev–Trinajstić information content (AvgIpc) is 3.47. The summed E-state index contributed by atoms with van der Waals surface area (Å²) >= 11 is 0. The van der Waals surface area contributed by atoms with Gasteiger partial charge in [0.05, 0.1) is 0 Å². The quantitative estimate of drug-likeness (QED) is 0.0261. The summed E-state index contributed by atoms with van der Waals surface area (Å²) in [5.74, 6) is -0.858. The SMILES string of the molecule is CC/C=C\C/C=C\C/C=C\C/C=C\C/C=C\C/C=C\CCCCCCCCCCCCCCCCC(=O)OCC(COC(=O)CCCCCCCC)OC(=O)CCCCCCCCCCCCCCCCCCCCCCCCCCC. The monoisotopic (exact) mass is 1150 g/mol. The second-order valence-corrected chi connectivity index (χ2v) is 24.1. The van der Waals surface area contributed by atoms with Gasteiger partial charge in [-0.15, -0.1) is 0 Å². The molecule has 6 nitrogen and oxygen atoms in total. The summed E-state index contributed by atoms with van der Waals surface area (Å²) in [5.41, 5.74) is 0. The number of esters is 3. The van der Waals surface area contributed by atoms with Crippen LogP contribution in [-0.2, 0) is 28.6 Å². The third-order valence-corrected chi connectivity index (χ3v) is 16.0. The van der Waals surface area contributed by atoms with Crippen LogP contribution in [0.15, 0.2) is 72.9 Å². The van der Waals surface area contributed by atoms with E-state index in [2.05, 4.69) is 93.7 Å². The van der Waals surface area contributed by atoms with Crippen molar-refractivity contribution < 1.29 is 28.6 Å². The number of hydrogen-bond donors (Lipinski definition) is 0. The molecule has 82 heavy (non-hydrogen) atoms. The summed E-state index contributed by atoms with van der Waals surface area (Å²) in [6, 6.07) is 0. The van der Waals surface area contributed by atoms with Crippen LogP contribution in [0.25, 0.3) is 0 Å². The summed E-state index contributed by atoms with van der Waals surface area (Å²) in [6.07, 6.45) is 92.7. The van der Waals surface area contributed by atoms with Gasteiger partial charge in [-0.05, 0) is 70.6 Å². The number of rotatable bonds is 66. The standard InChI is InChI=1S/C76H136O6/c1-4-7-10-13-16-18-20-22-24-26-28-30-32-34-35-36-37-38-39-40-41-43-44-46-48-50-52-54-56-58-60-63-66-69-75(78)81-72-73(71-80-74(77)68-65-62-15-12-9-6-3)82-76(79)70-67-64-61-59-57-55-53-51-49-47-45-42-33-31-29-27-25-23-21-19-17-14-11-8-5-2/h7,10,16,18,22,24,28,30,34-35,37-38,73H,4-6,8-9,11-15,17,19-21,23,25-27,29,31-33,36,39-72H2,1-3H3/b10-7-,18-16-,24-22-,30-28-,35-34-,38-37-. The second kappa shape index (κ2) is 70.3. The Kier molecular flexibility index (Phi) is 67.6. The molecule has 0 rings (SSSR count). The maximum atomic E-state index is 12.9. The van der Waals surface area contributed by atoms with Crippen LogP contribution in [0.5, 0.6) is 0 Å². The van der Waals surface area contributed by atoms with Crippen molar-refractivity contribution in [3.8, 4) is 0 Å². The van der Waals surface area contributed by atoms with Gasteiger partial charge in [-0.3, -0.25) is 14.4 Å². The lowest BCUT2D eigenvalue weighted by Crippen LogP contribution is -2.30. The number of unbranched alkanes of at least 4 members (excludes halogenated alkanes) is 43. The molecule has 1 atom stereocenters. The minimum atomic E-state index is -0.770. The Morgan fingerprint density at radius 1 is 0.256 bits per heavy atom. The minimum Gasteiger partial charge on any atom is -0.462 e. The zero-order valence-electron chi connectivity index (χ0n) is 54.8. The minimum absolute atomic E-state index is 0.0700. The van der Waals surface area contributed by atoms with E-state index in [1.54, 1.807) is 0 Å². The van der Waals surface area contributed by atoms with E-state index < -0.39 is 6.10 Å². The largest absolute Gasteiger partial charge is 0.462 e. The van der Waals surface area contributed by atoms with Gasteiger partial charge in [-0.25, -0.2) is 0 Å². The van der Waals surface area contributed by atoms with Gasteiger partial charge in [0.1, 0.15) is 13.2 Å². The van der Waals surface area contributed by atoms with Gasteiger partial charge in [0, 0.05) is 19.3 Å². The van der Waals surface area contributed by atoms with Gasteiger partial charge < -0.3 is 14.2 Å². The first-order chi connectivity index (χ1) is 40.5. The van der Waals surface area contributed by atoms with E-state index in [-0.39, 0.29) is 31.1 Å². The van der Waals surface area contributed by atoms with E-state index in [1.807, 2.05) is 0 Å². The summed E-state index contributed by atoms with van der Waals surface area (Å²) in [7, 11) is 0. The fourth-order valence-corrected chi connectivity index (χ4v) is 10.6. The molecule has 0 fully saturated rings. The average molecular weight is 1150 g/mol. The van der Waals surface area contributed by atoms with Crippen molar-refractivity contribution in [2.24, 2.45) is 0 Å². The van der Waals surface area contributed by atoms with Gasteiger partial charge in [-0.1, -0.05) is 357 Å². The maximum Gasteiger partial charge on any atom is 0.306 e. The lowest BCUT2D eigenvalue weighted by Gasteiger charge is -2.18. The van der Waals surface area contributed by atoms with Gasteiger partial charge in [0.25, 0.3) is 0 Å². The zero-order valence-corrected chi connectivity index (χ0v) is 54.8. The smallest absolute Gasteiger partial charge is 0.306 e. The normalized spacial score (nSPS) is 12.5. The first-order valence-corrected chi connectivity index (χ1v) is 35.9. The Hall–Kier alpha value is -3.15. The van der Waals surface area contributed by atoms with E-state index >= 15 is 0 Å². The Bertz CT molecular complexity index is 1500. The molecule has 0 spiro atoms. The van der Waals surface area contributed by atoms with Crippen LogP contribution >= 0.6 is 0 Å².